The molecule has 2 aromatic heterocycles. The van der Waals surface area contributed by atoms with Gasteiger partial charge in [0.15, 0.2) is 0 Å². The van der Waals surface area contributed by atoms with E-state index in [2.05, 4.69) is 27.2 Å². The number of rotatable bonds is 4. The molecule has 18 heavy (non-hydrogen) atoms. The Morgan fingerprint density at radius 2 is 2.00 bits per heavy atom. The number of nitrogens with one attached hydrogen (secondary N) is 1. The fourth-order valence-corrected chi connectivity index (χ4v) is 1.84. The number of aromatic nitrogens is 3. The zero-order chi connectivity index (χ0) is 13.0. The van der Waals surface area contributed by atoms with Crippen LogP contribution < -0.4 is 11.1 Å². The van der Waals surface area contributed by atoms with Crippen molar-refractivity contribution in [3.63, 3.8) is 0 Å². The Labute approximate surface area is 106 Å². The molecule has 0 aliphatic heterocycles. The SMILES string of the molecule is CCc1c(N)ncnc1NC(C)c1ccncc1. The van der Waals surface area contributed by atoms with E-state index < -0.39 is 0 Å². The van der Waals surface area contributed by atoms with E-state index in [9.17, 15) is 0 Å². The zero-order valence-corrected chi connectivity index (χ0v) is 10.6. The molecule has 2 heterocycles. The highest BCUT2D eigenvalue weighted by atomic mass is 15.1. The number of nitrogen functional groups attached to an aromatic ring is 1. The van der Waals surface area contributed by atoms with Crippen LogP contribution in [0.4, 0.5) is 11.6 Å². The maximum Gasteiger partial charge on any atom is 0.135 e. The summed E-state index contributed by atoms with van der Waals surface area (Å²) in [7, 11) is 0. The highest BCUT2D eigenvalue weighted by Gasteiger charge is 2.11. The summed E-state index contributed by atoms with van der Waals surface area (Å²) in [6, 6.07) is 4.11. The third-order valence-corrected chi connectivity index (χ3v) is 2.89. The summed E-state index contributed by atoms with van der Waals surface area (Å²) in [6.45, 7) is 4.12. The minimum atomic E-state index is 0.146. The van der Waals surface area contributed by atoms with Crippen LogP contribution in [0, 0.1) is 0 Å². The summed E-state index contributed by atoms with van der Waals surface area (Å²) in [4.78, 5) is 12.3. The smallest absolute Gasteiger partial charge is 0.135 e. The van der Waals surface area contributed by atoms with Gasteiger partial charge in [0.25, 0.3) is 0 Å². The first-order valence-electron chi connectivity index (χ1n) is 5.98. The van der Waals surface area contributed by atoms with Gasteiger partial charge in [0.1, 0.15) is 18.0 Å². The van der Waals surface area contributed by atoms with Gasteiger partial charge in [-0.2, -0.15) is 0 Å². The Morgan fingerprint density at radius 1 is 1.28 bits per heavy atom. The van der Waals surface area contributed by atoms with Crippen LogP contribution in [-0.2, 0) is 6.42 Å². The average Bonchev–Trinajstić information content (AvgIpc) is 2.40. The molecule has 0 radical (unpaired) electrons. The number of nitrogens with two attached hydrogens (primary N) is 1. The van der Waals surface area contributed by atoms with E-state index in [1.807, 2.05) is 19.1 Å². The van der Waals surface area contributed by atoms with Gasteiger partial charge in [-0.25, -0.2) is 9.97 Å². The van der Waals surface area contributed by atoms with Gasteiger partial charge in [-0.3, -0.25) is 4.98 Å². The zero-order valence-electron chi connectivity index (χ0n) is 10.6. The maximum atomic E-state index is 5.85. The lowest BCUT2D eigenvalue weighted by Crippen LogP contribution is -2.11. The first-order chi connectivity index (χ1) is 8.72. The second-order valence-electron chi connectivity index (χ2n) is 4.09. The molecule has 2 aromatic rings. The highest BCUT2D eigenvalue weighted by Crippen LogP contribution is 2.22. The molecule has 0 aromatic carbocycles. The molecule has 1 atom stereocenters. The number of pyridine rings is 1. The third kappa shape index (κ3) is 2.56. The van der Waals surface area contributed by atoms with Crippen LogP contribution in [0.15, 0.2) is 30.9 Å². The van der Waals surface area contributed by atoms with E-state index in [1.165, 1.54) is 6.33 Å². The standard InChI is InChI=1S/C13H17N5/c1-3-11-12(14)16-8-17-13(11)18-9(2)10-4-6-15-7-5-10/h4-9H,3H2,1-2H3,(H3,14,16,17,18). The molecule has 0 aliphatic carbocycles. The van der Waals surface area contributed by atoms with Crippen LogP contribution >= 0.6 is 0 Å². The fourth-order valence-electron chi connectivity index (χ4n) is 1.84. The van der Waals surface area contributed by atoms with Gasteiger partial charge in [0, 0.05) is 18.0 Å². The van der Waals surface area contributed by atoms with Crippen molar-refractivity contribution in [2.45, 2.75) is 26.3 Å². The van der Waals surface area contributed by atoms with E-state index in [4.69, 9.17) is 5.73 Å². The predicted molar refractivity (Wildman–Crippen MR) is 72.1 cm³/mol. The first-order valence-corrected chi connectivity index (χ1v) is 5.98. The number of hydrogen-bond acceptors (Lipinski definition) is 5. The lowest BCUT2D eigenvalue weighted by atomic mass is 10.1. The summed E-state index contributed by atoms with van der Waals surface area (Å²) in [5.41, 5.74) is 7.96. The van der Waals surface area contributed by atoms with Gasteiger partial charge in [-0.1, -0.05) is 6.92 Å². The van der Waals surface area contributed by atoms with Crippen LogP contribution in [0.2, 0.25) is 0 Å². The minimum Gasteiger partial charge on any atom is -0.383 e. The van der Waals surface area contributed by atoms with Crippen molar-refractivity contribution in [2.75, 3.05) is 11.1 Å². The van der Waals surface area contributed by atoms with Crippen LogP contribution in [0.5, 0.6) is 0 Å². The van der Waals surface area contributed by atoms with Crippen LogP contribution in [0.3, 0.4) is 0 Å². The predicted octanol–water partition coefficient (Wildman–Crippen LogP) is 2.19. The number of nitrogens with zero attached hydrogens (tertiary/aromatic N) is 3. The summed E-state index contributed by atoms with van der Waals surface area (Å²) >= 11 is 0. The quantitative estimate of drug-likeness (QED) is 0.860. The average molecular weight is 243 g/mol. The summed E-state index contributed by atoms with van der Waals surface area (Å²) in [5, 5.41) is 3.36. The van der Waals surface area contributed by atoms with Gasteiger partial charge in [-0.15, -0.1) is 0 Å². The van der Waals surface area contributed by atoms with Gasteiger partial charge in [0.05, 0.1) is 6.04 Å². The van der Waals surface area contributed by atoms with E-state index in [1.54, 1.807) is 12.4 Å². The summed E-state index contributed by atoms with van der Waals surface area (Å²) in [6.07, 6.45) is 5.85. The Bertz CT molecular complexity index is 512. The second kappa shape index (κ2) is 5.44. The lowest BCUT2D eigenvalue weighted by Gasteiger charge is -2.17. The van der Waals surface area contributed by atoms with Crippen molar-refractivity contribution in [1.82, 2.24) is 15.0 Å². The van der Waals surface area contributed by atoms with Crippen molar-refractivity contribution in [3.8, 4) is 0 Å². The summed E-state index contributed by atoms with van der Waals surface area (Å²) in [5.74, 6) is 1.34. The fraction of sp³-hybridized carbons (Fsp3) is 0.308. The Balaban J connectivity index is 2.22. The molecule has 0 spiro atoms. The maximum absolute atomic E-state index is 5.85. The Hall–Kier alpha value is -2.17. The van der Waals surface area contributed by atoms with Gasteiger partial charge in [0.2, 0.25) is 0 Å². The molecule has 0 amide bonds. The topological polar surface area (TPSA) is 76.7 Å². The Morgan fingerprint density at radius 3 is 2.67 bits per heavy atom. The van der Waals surface area contributed by atoms with Crippen LogP contribution in [0.1, 0.15) is 31.0 Å². The minimum absolute atomic E-state index is 0.146. The van der Waals surface area contributed by atoms with Gasteiger partial charge >= 0.3 is 0 Å². The molecule has 3 N–H and O–H groups in total. The lowest BCUT2D eigenvalue weighted by molar-refractivity contribution is 0.860. The summed E-state index contributed by atoms with van der Waals surface area (Å²) < 4.78 is 0. The third-order valence-electron chi connectivity index (χ3n) is 2.89. The van der Waals surface area contributed by atoms with Crippen molar-refractivity contribution in [1.29, 1.82) is 0 Å². The number of hydrogen-bond donors (Lipinski definition) is 2. The molecule has 94 valence electrons. The van der Waals surface area contributed by atoms with Crippen molar-refractivity contribution in [2.24, 2.45) is 0 Å². The molecule has 5 heteroatoms. The van der Waals surface area contributed by atoms with E-state index in [0.717, 1.165) is 23.4 Å². The van der Waals surface area contributed by atoms with Gasteiger partial charge < -0.3 is 11.1 Å². The molecule has 1 unspecified atom stereocenters. The van der Waals surface area contributed by atoms with Crippen molar-refractivity contribution in [3.05, 3.63) is 42.0 Å². The van der Waals surface area contributed by atoms with E-state index in [0.29, 0.717) is 5.82 Å². The molecular formula is C13H17N5. The van der Waals surface area contributed by atoms with E-state index in [-0.39, 0.29) is 6.04 Å². The molecule has 0 aliphatic rings. The van der Waals surface area contributed by atoms with Crippen molar-refractivity contribution < 1.29 is 0 Å². The molecule has 0 saturated heterocycles. The van der Waals surface area contributed by atoms with Crippen LogP contribution in [-0.4, -0.2) is 15.0 Å². The Kier molecular flexibility index (Phi) is 3.72. The van der Waals surface area contributed by atoms with E-state index >= 15 is 0 Å². The van der Waals surface area contributed by atoms with Gasteiger partial charge in [-0.05, 0) is 31.0 Å². The first kappa shape index (κ1) is 12.3. The molecule has 0 fully saturated rings. The normalized spacial score (nSPS) is 12.1. The molecule has 0 bridgehead atoms. The monoisotopic (exact) mass is 243 g/mol. The molecule has 5 nitrogen and oxygen atoms in total. The number of anilines is 2. The largest absolute Gasteiger partial charge is 0.383 e. The van der Waals surface area contributed by atoms with Crippen molar-refractivity contribution >= 4 is 11.6 Å². The molecule has 2 rings (SSSR count). The second-order valence-corrected chi connectivity index (χ2v) is 4.09. The molecular weight excluding hydrogens is 226 g/mol. The molecule has 0 saturated carbocycles. The van der Waals surface area contributed by atoms with Crippen LogP contribution in [0.25, 0.3) is 0 Å². The highest BCUT2D eigenvalue weighted by molar-refractivity contribution is 5.55.